The van der Waals surface area contributed by atoms with Crippen molar-refractivity contribution < 1.29 is 28.9 Å². The van der Waals surface area contributed by atoms with Crippen LogP contribution < -0.4 is 5.32 Å². The number of amides is 1. The van der Waals surface area contributed by atoms with Crippen molar-refractivity contribution in [1.29, 1.82) is 0 Å². The van der Waals surface area contributed by atoms with Gasteiger partial charge in [0.2, 0.25) is 0 Å². The second-order valence-electron chi connectivity index (χ2n) is 11.3. The minimum atomic E-state index is -0.888. The van der Waals surface area contributed by atoms with Crippen molar-refractivity contribution in [1.82, 2.24) is 9.80 Å². The summed E-state index contributed by atoms with van der Waals surface area (Å²) in [7, 11) is 0. The maximum absolute atomic E-state index is 12.4. The average Bonchev–Trinajstić information content (AvgIpc) is 3.02. The minimum Gasteiger partial charge on any atom is -0.453 e. The summed E-state index contributed by atoms with van der Waals surface area (Å²) < 4.78 is 18.0. The summed E-state index contributed by atoms with van der Waals surface area (Å²) in [6.07, 6.45) is -0.946. The number of anilines is 1. The fourth-order valence-electron chi connectivity index (χ4n) is 5.56. The van der Waals surface area contributed by atoms with Crippen LogP contribution in [0, 0.1) is 0 Å². The number of aliphatic hydroxyl groups excluding tert-OH is 1. The van der Waals surface area contributed by atoms with Crippen molar-refractivity contribution in [2.24, 2.45) is 0 Å². The van der Waals surface area contributed by atoms with E-state index in [0.29, 0.717) is 5.69 Å². The topological polar surface area (TPSA) is 101 Å². The van der Waals surface area contributed by atoms with Crippen LogP contribution in [0.3, 0.4) is 0 Å². The van der Waals surface area contributed by atoms with E-state index in [-0.39, 0.29) is 18.8 Å². The molecule has 2 saturated heterocycles. The van der Waals surface area contributed by atoms with E-state index in [0.717, 1.165) is 62.4 Å². The summed E-state index contributed by atoms with van der Waals surface area (Å²) in [6.45, 7) is 8.57. The first-order chi connectivity index (χ1) is 20.9. The quantitative estimate of drug-likeness (QED) is 0.336. The number of aliphatic hydroxyl groups is 1. The largest absolute Gasteiger partial charge is 0.453 e. The van der Waals surface area contributed by atoms with Crippen molar-refractivity contribution in [3.05, 3.63) is 101 Å². The van der Waals surface area contributed by atoms with Crippen LogP contribution in [0.2, 0.25) is 0 Å². The Hall–Kier alpha value is -3.60. The van der Waals surface area contributed by atoms with Gasteiger partial charge in [-0.05, 0) is 35.7 Å². The number of benzene rings is 3. The monoisotopic (exact) mass is 587 g/mol. The van der Waals surface area contributed by atoms with E-state index in [1.807, 2.05) is 36.4 Å². The highest BCUT2D eigenvalue weighted by Crippen LogP contribution is 2.38. The second kappa shape index (κ2) is 14.7. The highest BCUT2D eigenvalue weighted by atomic mass is 16.7. The summed E-state index contributed by atoms with van der Waals surface area (Å²) in [6, 6.07) is 25.8. The highest BCUT2D eigenvalue weighted by molar-refractivity contribution is 5.94. The Balaban J connectivity index is 1.23. The molecule has 228 valence electrons. The van der Waals surface area contributed by atoms with Crippen LogP contribution in [0.15, 0.2) is 78.9 Å². The van der Waals surface area contributed by atoms with Crippen molar-refractivity contribution >= 4 is 17.6 Å². The molecule has 2 aliphatic heterocycles. The number of hydrogen-bond donors (Lipinski definition) is 2. The summed E-state index contributed by atoms with van der Waals surface area (Å²) in [4.78, 5) is 28.5. The Morgan fingerprint density at radius 2 is 1.53 bits per heavy atom. The zero-order chi connectivity index (χ0) is 30.2. The minimum absolute atomic E-state index is 0.00103. The fourth-order valence-corrected chi connectivity index (χ4v) is 5.56. The Bertz CT molecular complexity index is 1330. The van der Waals surface area contributed by atoms with Crippen LogP contribution in [0.4, 0.5) is 5.69 Å². The molecule has 3 aromatic rings. The molecule has 0 spiro atoms. The lowest BCUT2D eigenvalue weighted by Gasteiger charge is -2.40. The smallest absolute Gasteiger partial charge is 0.303 e. The van der Waals surface area contributed by atoms with E-state index in [4.69, 9.17) is 14.2 Å². The van der Waals surface area contributed by atoms with E-state index in [1.54, 1.807) is 12.1 Å². The predicted octanol–water partition coefficient (Wildman–Crippen LogP) is 4.43. The molecule has 2 aliphatic rings. The molecule has 0 saturated carbocycles. The van der Waals surface area contributed by atoms with Crippen molar-refractivity contribution in [2.45, 2.75) is 58.0 Å². The van der Waals surface area contributed by atoms with Gasteiger partial charge >= 0.3 is 5.97 Å². The SMILES string of the molecule is CC(=O)OC(C)C(=O)Nc1ccc(C2OC(CN3CCN(Cc4ccccc4)CC3)CC(c3ccc(CO)cc3)O2)cc1. The normalized spacial score (nSPS) is 22.1. The van der Waals surface area contributed by atoms with Crippen LogP contribution in [-0.4, -0.2) is 71.7 Å². The van der Waals surface area contributed by atoms with Gasteiger partial charge in [-0.15, -0.1) is 0 Å². The predicted molar refractivity (Wildman–Crippen MR) is 163 cm³/mol. The fraction of sp³-hybridized carbons (Fsp3) is 0.412. The Morgan fingerprint density at radius 1 is 0.884 bits per heavy atom. The van der Waals surface area contributed by atoms with Gasteiger partial charge in [-0.3, -0.25) is 19.4 Å². The first-order valence-corrected chi connectivity index (χ1v) is 14.9. The molecule has 4 unspecified atom stereocenters. The average molecular weight is 588 g/mol. The lowest BCUT2D eigenvalue weighted by molar-refractivity contribution is -0.253. The van der Waals surface area contributed by atoms with E-state index in [2.05, 4.69) is 45.4 Å². The molecule has 43 heavy (non-hydrogen) atoms. The maximum atomic E-state index is 12.4. The number of esters is 1. The van der Waals surface area contributed by atoms with Gasteiger partial charge in [0.15, 0.2) is 12.4 Å². The van der Waals surface area contributed by atoms with Gasteiger partial charge in [0.25, 0.3) is 5.91 Å². The molecule has 3 aromatic carbocycles. The number of ether oxygens (including phenoxy) is 3. The number of rotatable bonds is 10. The standard InChI is InChI=1S/C34H41N3O6/c1-24(41-25(2)39)33(40)35-30-14-12-29(13-15-30)34-42-31(20-32(43-34)28-10-8-27(23-38)9-11-28)22-37-18-16-36(17-19-37)21-26-6-4-3-5-7-26/h3-15,24,31-32,34,38H,16-23H2,1-2H3,(H,35,40). The van der Waals surface area contributed by atoms with Crippen molar-refractivity contribution in [3.63, 3.8) is 0 Å². The van der Waals surface area contributed by atoms with Crippen molar-refractivity contribution in [3.8, 4) is 0 Å². The highest BCUT2D eigenvalue weighted by Gasteiger charge is 2.34. The first-order valence-electron chi connectivity index (χ1n) is 14.9. The zero-order valence-electron chi connectivity index (χ0n) is 24.9. The Kier molecular flexibility index (Phi) is 10.6. The molecule has 9 nitrogen and oxygen atoms in total. The van der Waals surface area contributed by atoms with Crippen LogP contribution >= 0.6 is 0 Å². The number of carbonyl (C=O) groups is 2. The number of piperazine rings is 1. The Labute approximate surface area is 253 Å². The molecule has 1 amide bonds. The van der Waals surface area contributed by atoms with E-state index in [1.165, 1.54) is 19.4 Å². The zero-order valence-corrected chi connectivity index (χ0v) is 24.9. The molecule has 2 N–H and O–H groups in total. The van der Waals surface area contributed by atoms with E-state index in [9.17, 15) is 14.7 Å². The number of hydrogen-bond acceptors (Lipinski definition) is 8. The molecular weight excluding hydrogens is 546 g/mol. The number of nitrogens with zero attached hydrogens (tertiary/aromatic N) is 2. The summed E-state index contributed by atoms with van der Waals surface area (Å²) in [5.41, 5.74) is 4.68. The summed E-state index contributed by atoms with van der Waals surface area (Å²) >= 11 is 0. The van der Waals surface area contributed by atoms with Crippen LogP contribution in [0.5, 0.6) is 0 Å². The van der Waals surface area contributed by atoms with Crippen LogP contribution in [0.25, 0.3) is 0 Å². The molecule has 4 atom stereocenters. The molecule has 9 heteroatoms. The lowest BCUT2D eigenvalue weighted by Crippen LogP contribution is -2.49. The molecule has 0 bridgehead atoms. The molecular formula is C34H41N3O6. The summed E-state index contributed by atoms with van der Waals surface area (Å²) in [5.74, 6) is -0.905. The molecule has 2 fully saturated rings. The molecule has 5 rings (SSSR count). The third-order valence-electron chi connectivity index (χ3n) is 7.95. The number of carbonyl (C=O) groups excluding carboxylic acids is 2. The van der Waals surface area contributed by atoms with Crippen molar-refractivity contribution in [2.75, 3.05) is 38.0 Å². The van der Waals surface area contributed by atoms with Gasteiger partial charge in [0, 0.05) is 63.9 Å². The lowest BCUT2D eigenvalue weighted by atomic mass is 9.99. The van der Waals surface area contributed by atoms with Gasteiger partial charge in [-0.25, -0.2) is 0 Å². The van der Waals surface area contributed by atoms with E-state index >= 15 is 0 Å². The van der Waals surface area contributed by atoms with Gasteiger partial charge in [0.1, 0.15) is 0 Å². The molecule has 0 radical (unpaired) electrons. The molecule has 0 aliphatic carbocycles. The van der Waals surface area contributed by atoms with Crippen LogP contribution in [-0.2, 0) is 37.0 Å². The number of nitrogens with one attached hydrogen (secondary N) is 1. The molecule has 2 heterocycles. The third-order valence-corrected chi connectivity index (χ3v) is 7.95. The molecule has 0 aromatic heterocycles. The van der Waals surface area contributed by atoms with Crippen LogP contribution in [0.1, 0.15) is 54.9 Å². The maximum Gasteiger partial charge on any atom is 0.303 e. The Morgan fingerprint density at radius 3 is 2.19 bits per heavy atom. The third kappa shape index (κ3) is 8.72. The first kappa shape index (κ1) is 30.8. The second-order valence-corrected chi connectivity index (χ2v) is 11.3. The summed E-state index contributed by atoms with van der Waals surface area (Å²) in [5, 5.41) is 12.3. The van der Waals surface area contributed by atoms with Gasteiger partial charge in [0.05, 0.1) is 18.8 Å². The van der Waals surface area contributed by atoms with E-state index < -0.39 is 24.3 Å². The van der Waals surface area contributed by atoms with Gasteiger partial charge in [-0.2, -0.15) is 0 Å². The van der Waals surface area contributed by atoms with Gasteiger partial charge in [-0.1, -0.05) is 66.7 Å². The van der Waals surface area contributed by atoms with Gasteiger partial charge < -0.3 is 24.6 Å².